The third-order valence-electron chi connectivity index (χ3n) is 3.69. The molecule has 1 aromatic heterocycles. The minimum atomic E-state index is -0.710. The molecule has 0 saturated heterocycles. The van der Waals surface area contributed by atoms with Crippen LogP contribution in [0.2, 0.25) is 0 Å². The summed E-state index contributed by atoms with van der Waals surface area (Å²) >= 11 is 0. The molecule has 5 heteroatoms. The van der Waals surface area contributed by atoms with E-state index in [1.165, 1.54) is 0 Å². The Labute approximate surface area is 116 Å². The summed E-state index contributed by atoms with van der Waals surface area (Å²) in [5.74, 6) is 0.0286. The fraction of sp³-hybridized carbons (Fsp3) is 0.333. The molecule has 0 spiro atoms. The molecule has 5 nitrogen and oxygen atoms in total. The number of ether oxygens (including phenoxy) is 1. The lowest BCUT2D eigenvalue weighted by atomic mass is 10.2. The Morgan fingerprint density at radius 1 is 1.45 bits per heavy atom. The fourth-order valence-corrected chi connectivity index (χ4v) is 2.41. The van der Waals surface area contributed by atoms with Crippen LogP contribution in [0.15, 0.2) is 36.7 Å². The van der Waals surface area contributed by atoms with Crippen molar-refractivity contribution in [2.45, 2.75) is 18.9 Å². The Hall–Kier alpha value is -2.30. The summed E-state index contributed by atoms with van der Waals surface area (Å²) in [5, 5.41) is 13.2. The van der Waals surface area contributed by atoms with E-state index in [1.807, 2.05) is 35.1 Å². The van der Waals surface area contributed by atoms with Crippen LogP contribution < -0.4 is 4.74 Å². The van der Waals surface area contributed by atoms with Gasteiger partial charge in [0.15, 0.2) is 0 Å². The zero-order chi connectivity index (χ0) is 14.1. The molecule has 0 unspecified atom stereocenters. The first-order valence-electron chi connectivity index (χ1n) is 6.55. The third kappa shape index (κ3) is 2.52. The quantitative estimate of drug-likeness (QED) is 0.905. The first kappa shape index (κ1) is 12.7. The second kappa shape index (κ2) is 5.00. The van der Waals surface area contributed by atoms with Crippen molar-refractivity contribution in [3.8, 4) is 5.75 Å². The molecule has 0 aliphatic heterocycles. The average Bonchev–Trinajstić information content (AvgIpc) is 3.14. The average molecular weight is 272 g/mol. The normalized spacial score (nSPS) is 20.6. The number of benzene rings is 1. The molecule has 1 N–H and O–H groups in total. The van der Waals surface area contributed by atoms with E-state index < -0.39 is 5.97 Å². The molecule has 1 fully saturated rings. The largest absolute Gasteiger partial charge is 0.497 e. The maximum Gasteiger partial charge on any atom is 0.307 e. The first-order valence-corrected chi connectivity index (χ1v) is 6.55. The smallest absolute Gasteiger partial charge is 0.307 e. The van der Waals surface area contributed by atoms with Gasteiger partial charge in [-0.15, -0.1) is 0 Å². The summed E-state index contributed by atoms with van der Waals surface area (Å²) < 4.78 is 6.96. The van der Waals surface area contributed by atoms with Crippen molar-refractivity contribution in [2.75, 3.05) is 7.11 Å². The van der Waals surface area contributed by atoms with E-state index >= 15 is 0 Å². The lowest BCUT2D eigenvalue weighted by Crippen LogP contribution is -2.00. The number of aliphatic carboxylic acids is 1. The number of hydrogen-bond donors (Lipinski definition) is 1. The second-order valence-electron chi connectivity index (χ2n) is 5.11. The second-order valence-corrected chi connectivity index (χ2v) is 5.11. The third-order valence-corrected chi connectivity index (χ3v) is 3.69. The van der Waals surface area contributed by atoms with Gasteiger partial charge in [-0.05, 0) is 29.7 Å². The maximum absolute atomic E-state index is 10.9. The molecule has 1 aliphatic carbocycles. The highest BCUT2D eigenvalue weighted by Crippen LogP contribution is 2.47. The van der Waals surface area contributed by atoms with Crippen molar-refractivity contribution in [2.24, 2.45) is 5.92 Å². The van der Waals surface area contributed by atoms with Crippen LogP contribution in [0.4, 0.5) is 0 Å². The molecule has 1 aliphatic rings. The summed E-state index contributed by atoms with van der Waals surface area (Å²) in [4.78, 5) is 10.9. The zero-order valence-corrected chi connectivity index (χ0v) is 11.2. The lowest BCUT2D eigenvalue weighted by molar-refractivity contribution is -0.138. The van der Waals surface area contributed by atoms with Crippen LogP contribution in [0.25, 0.3) is 0 Å². The predicted octanol–water partition coefficient (Wildman–Crippen LogP) is 2.13. The first-order chi connectivity index (χ1) is 9.67. The van der Waals surface area contributed by atoms with Crippen LogP contribution in [0.5, 0.6) is 5.75 Å². The van der Waals surface area contributed by atoms with Crippen LogP contribution in [0.1, 0.15) is 23.5 Å². The molecule has 0 bridgehead atoms. The molecular weight excluding hydrogens is 256 g/mol. The van der Waals surface area contributed by atoms with Gasteiger partial charge in [-0.25, -0.2) is 0 Å². The van der Waals surface area contributed by atoms with Crippen LogP contribution in [-0.2, 0) is 11.3 Å². The summed E-state index contributed by atoms with van der Waals surface area (Å²) in [5.41, 5.74) is 2.15. The number of methoxy groups -OCH3 is 1. The molecule has 20 heavy (non-hydrogen) atoms. The van der Waals surface area contributed by atoms with Crippen LogP contribution in [0.3, 0.4) is 0 Å². The summed E-state index contributed by atoms with van der Waals surface area (Å²) in [6, 6.07) is 7.83. The molecule has 0 radical (unpaired) electrons. The summed E-state index contributed by atoms with van der Waals surface area (Å²) in [6.07, 6.45) is 4.44. The topological polar surface area (TPSA) is 64.3 Å². The minimum Gasteiger partial charge on any atom is -0.497 e. The predicted molar refractivity (Wildman–Crippen MR) is 72.8 cm³/mol. The minimum absolute atomic E-state index is 0.136. The van der Waals surface area contributed by atoms with Crippen molar-refractivity contribution >= 4 is 5.97 Å². The van der Waals surface area contributed by atoms with E-state index in [9.17, 15) is 4.79 Å². The van der Waals surface area contributed by atoms with Crippen molar-refractivity contribution in [3.05, 3.63) is 47.8 Å². The molecule has 104 valence electrons. The standard InChI is InChI=1S/C15H16N2O3/c1-20-12-4-2-10(3-5-12)8-17-9-11(7-16-17)13-6-14(13)15(18)19/h2-5,7,9,13-14H,6,8H2,1H3,(H,18,19)/t13-,14+/m1/s1. The molecule has 1 aromatic carbocycles. The monoisotopic (exact) mass is 272 g/mol. The number of rotatable bonds is 5. The number of carbonyl (C=O) groups is 1. The highest BCUT2D eigenvalue weighted by atomic mass is 16.5. The van der Waals surface area contributed by atoms with Crippen molar-refractivity contribution in [3.63, 3.8) is 0 Å². The van der Waals surface area contributed by atoms with Crippen molar-refractivity contribution in [1.29, 1.82) is 0 Å². The highest BCUT2D eigenvalue weighted by Gasteiger charge is 2.44. The van der Waals surface area contributed by atoms with Crippen LogP contribution >= 0.6 is 0 Å². The lowest BCUT2D eigenvalue weighted by Gasteiger charge is -2.03. The molecule has 1 saturated carbocycles. The zero-order valence-electron chi connectivity index (χ0n) is 11.2. The van der Waals surface area contributed by atoms with E-state index in [-0.39, 0.29) is 11.8 Å². The van der Waals surface area contributed by atoms with Gasteiger partial charge in [-0.2, -0.15) is 5.10 Å². The van der Waals surface area contributed by atoms with Gasteiger partial charge in [0, 0.05) is 12.1 Å². The molecule has 2 aromatic rings. The Morgan fingerprint density at radius 3 is 2.80 bits per heavy atom. The molecule has 3 rings (SSSR count). The van der Waals surface area contributed by atoms with Gasteiger partial charge in [0.25, 0.3) is 0 Å². The van der Waals surface area contributed by atoms with E-state index in [0.717, 1.165) is 23.3 Å². The maximum atomic E-state index is 10.9. The van der Waals surface area contributed by atoms with Gasteiger partial charge in [0.1, 0.15) is 5.75 Å². The van der Waals surface area contributed by atoms with Gasteiger partial charge in [-0.1, -0.05) is 12.1 Å². The number of hydrogen-bond acceptors (Lipinski definition) is 3. The number of carboxylic acids is 1. The Bertz CT molecular complexity index is 618. The molecular formula is C15H16N2O3. The van der Waals surface area contributed by atoms with Crippen LogP contribution in [-0.4, -0.2) is 28.0 Å². The highest BCUT2D eigenvalue weighted by molar-refractivity contribution is 5.75. The fourth-order valence-electron chi connectivity index (χ4n) is 2.41. The van der Waals surface area contributed by atoms with Crippen molar-refractivity contribution < 1.29 is 14.6 Å². The summed E-state index contributed by atoms with van der Waals surface area (Å²) in [6.45, 7) is 0.675. The Morgan fingerprint density at radius 2 is 2.20 bits per heavy atom. The van der Waals surface area contributed by atoms with Gasteiger partial charge >= 0.3 is 5.97 Å². The number of aromatic nitrogens is 2. The molecule has 2 atom stereocenters. The van der Waals surface area contributed by atoms with Crippen molar-refractivity contribution in [1.82, 2.24) is 9.78 Å². The Balaban J connectivity index is 1.66. The molecule has 1 heterocycles. The van der Waals surface area contributed by atoms with Gasteiger partial charge in [0.05, 0.1) is 25.8 Å². The van der Waals surface area contributed by atoms with E-state index in [1.54, 1.807) is 13.3 Å². The van der Waals surface area contributed by atoms with Gasteiger partial charge in [-0.3, -0.25) is 9.48 Å². The van der Waals surface area contributed by atoms with E-state index in [2.05, 4.69) is 5.10 Å². The van der Waals surface area contributed by atoms with Gasteiger partial charge in [0.2, 0.25) is 0 Å². The summed E-state index contributed by atoms with van der Waals surface area (Å²) in [7, 11) is 1.64. The molecule has 0 amide bonds. The van der Waals surface area contributed by atoms with E-state index in [0.29, 0.717) is 6.54 Å². The number of nitrogens with zero attached hydrogens (tertiary/aromatic N) is 2. The Kier molecular flexibility index (Phi) is 3.18. The van der Waals surface area contributed by atoms with Crippen LogP contribution in [0, 0.1) is 5.92 Å². The van der Waals surface area contributed by atoms with Gasteiger partial charge < -0.3 is 9.84 Å². The van der Waals surface area contributed by atoms with E-state index in [4.69, 9.17) is 9.84 Å². The number of carboxylic acid groups (broad SMARTS) is 1. The SMILES string of the molecule is COc1ccc(Cn2cc([C@H]3C[C@@H]3C(=O)O)cn2)cc1.